The van der Waals surface area contributed by atoms with E-state index >= 15 is 0 Å². The van der Waals surface area contributed by atoms with Gasteiger partial charge in [0.25, 0.3) is 0 Å². The summed E-state index contributed by atoms with van der Waals surface area (Å²) in [6.07, 6.45) is 0. The molecule has 8 heteroatoms. The van der Waals surface area contributed by atoms with E-state index in [1.54, 1.807) is 14.2 Å². The van der Waals surface area contributed by atoms with Crippen molar-refractivity contribution < 1.29 is 14.2 Å². The molecule has 7 nitrogen and oxygen atoms in total. The predicted molar refractivity (Wildman–Crippen MR) is 141 cm³/mol. The molecule has 2 rings (SSSR count). The summed E-state index contributed by atoms with van der Waals surface area (Å²) in [5.41, 5.74) is 3.36. The lowest BCUT2D eigenvalue weighted by Gasteiger charge is -2.16. The van der Waals surface area contributed by atoms with E-state index in [0.717, 1.165) is 40.7 Å². The molecule has 0 unspecified atom stereocenters. The van der Waals surface area contributed by atoms with Crippen LogP contribution >= 0.6 is 24.0 Å². The molecule has 0 aliphatic rings. The van der Waals surface area contributed by atoms with E-state index in [9.17, 15) is 0 Å². The SMILES string of the molecule is CN=C(NCc1cccc(OCCN(C)C)c1)NCc1ccc(C)cc1OCCOC.I. The molecule has 0 atom stereocenters. The van der Waals surface area contributed by atoms with Crippen molar-refractivity contribution in [1.29, 1.82) is 0 Å². The van der Waals surface area contributed by atoms with E-state index in [2.05, 4.69) is 51.7 Å². The van der Waals surface area contributed by atoms with Crippen LogP contribution in [-0.4, -0.2) is 65.5 Å². The van der Waals surface area contributed by atoms with Gasteiger partial charge in [-0.15, -0.1) is 24.0 Å². The third-order valence-electron chi connectivity index (χ3n) is 4.60. The Kier molecular flexibility index (Phi) is 13.7. The molecule has 32 heavy (non-hydrogen) atoms. The van der Waals surface area contributed by atoms with Crippen LogP contribution in [0.25, 0.3) is 0 Å². The predicted octanol–water partition coefficient (Wildman–Crippen LogP) is 3.44. The summed E-state index contributed by atoms with van der Waals surface area (Å²) < 4.78 is 16.8. The number of rotatable bonds is 12. The van der Waals surface area contributed by atoms with Gasteiger partial charge in [0.05, 0.1) is 6.61 Å². The van der Waals surface area contributed by atoms with E-state index in [4.69, 9.17) is 14.2 Å². The number of guanidine groups is 1. The van der Waals surface area contributed by atoms with E-state index < -0.39 is 0 Å². The first-order chi connectivity index (χ1) is 15.0. The minimum atomic E-state index is 0. The molecular formula is C24H37IN4O3. The summed E-state index contributed by atoms with van der Waals surface area (Å²) in [4.78, 5) is 6.43. The van der Waals surface area contributed by atoms with Gasteiger partial charge in [0, 0.05) is 39.4 Å². The summed E-state index contributed by atoms with van der Waals surface area (Å²) in [6, 6.07) is 14.3. The maximum Gasteiger partial charge on any atom is 0.191 e. The second kappa shape index (κ2) is 15.7. The fourth-order valence-corrected chi connectivity index (χ4v) is 2.85. The first kappa shape index (κ1) is 28.0. The Bertz CT molecular complexity index is 831. The Morgan fingerprint density at radius 3 is 2.47 bits per heavy atom. The zero-order chi connectivity index (χ0) is 22.5. The van der Waals surface area contributed by atoms with Crippen molar-refractivity contribution >= 4 is 29.9 Å². The van der Waals surface area contributed by atoms with Crippen molar-refractivity contribution in [2.75, 3.05) is 54.6 Å². The molecule has 0 saturated carbocycles. The second-order valence-corrected chi connectivity index (χ2v) is 7.53. The number of ether oxygens (including phenoxy) is 3. The summed E-state index contributed by atoms with van der Waals surface area (Å²) >= 11 is 0. The van der Waals surface area contributed by atoms with E-state index in [1.165, 1.54) is 0 Å². The molecule has 0 amide bonds. The number of likely N-dealkylation sites (N-methyl/N-ethyl adjacent to an activating group) is 1. The monoisotopic (exact) mass is 556 g/mol. The molecule has 0 radical (unpaired) electrons. The number of halogens is 1. The zero-order valence-electron chi connectivity index (χ0n) is 19.8. The average molecular weight is 556 g/mol. The summed E-state index contributed by atoms with van der Waals surface area (Å²) in [5.74, 6) is 2.46. The normalized spacial score (nSPS) is 11.1. The minimum Gasteiger partial charge on any atom is -0.492 e. The smallest absolute Gasteiger partial charge is 0.191 e. The summed E-state index contributed by atoms with van der Waals surface area (Å²) in [6.45, 7) is 5.94. The van der Waals surface area contributed by atoms with E-state index in [-0.39, 0.29) is 24.0 Å². The Morgan fingerprint density at radius 2 is 1.75 bits per heavy atom. The van der Waals surface area contributed by atoms with Crippen molar-refractivity contribution in [3.8, 4) is 11.5 Å². The third kappa shape index (κ3) is 10.5. The fraction of sp³-hybridized carbons (Fsp3) is 0.458. The fourth-order valence-electron chi connectivity index (χ4n) is 2.85. The number of aryl methyl sites for hydroxylation is 1. The number of nitrogens with one attached hydrogen (secondary N) is 2. The van der Waals surface area contributed by atoms with Gasteiger partial charge in [-0.25, -0.2) is 0 Å². The number of methoxy groups -OCH3 is 1. The van der Waals surface area contributed by atoms with Gasteiger partial charge in [0.15, 0.2) is 5.96 Å². The molecule has 0 spiro atoms. The van der Waals surface area contributed by atoms with Crippen LogP contribution in [0.3, 0.4) is 0 Å². The molecule has 178 valence electrons. The van der Waals surface area contributed by atoms with Gasteiger partial charge in [-0.1, -0.05) is 24.3 Å². The highest BCUT2D eigenvalue weighted by Gasteiger charge is 2.07. The topological polar surface area (TPSA) is 67.4 Å². The quantitative estimate of drug-likeness (QED) is 0.181. The molecule has 0 aliphatic heterocycles. The molecule has 0 heterocycles. The second-order valence-electron chi connectivity index (χ2n) is 7.53. The standard InChI is InChI=1S/C24H36N4O3.HI/c1-19-9-10-21(23(15-19)31-14-13-29-5)18-27-24(25-2)26-17-20-7-6-8-22(16-20)30-12-11-28(3)4;/h6-10,15-16H,11-14,17-18H2,1-5H3,(H2,25,26,27);1H. The van der Waals surface area contributed by atoms with Crippen LogP contribution < -0.4 is 20.1 Å². The summed E-state index contributed by atoms with van der Waals surface area (Å²) in [5, 5.41) is 6.71. The Morgan fingerprint density at radius 1 is 0.969 bits per heavy atom. The highest BCUT2D eigenvalue weighted by molar-refractivity contribution is 14.0. The van der Waals surface area contributed by atoms with Crippen LogP contribution in [-0.2, 0) is 17.8 Å². The van der Waals surface area contributed by atoms with Gasteiger partial charge in [-0.3, -0.25) is 4.99 Å². The van der Waals surface area contributed by atoms with Gasteiger partial charge in [-0.05, 0) is 50.3 Å². The number of nitrogens with zero attached hydrogens (tertiary/aromatic N) is 2. The van der Waals surface area contributed by atoms with Gasteiger partial charge < -0.3 is 29.7 Å². The van der Waals surface area contributed by atoms with Crippen LogP contribution in [0.1, 0.15) is 16.7 Å². The summed E-state index contributed by atoms with van der Waals surface area (Å²) in [7, 11) is 7.51. The van der Waals surface area contributed by atoms with Crippen LogP contribution in [0.2, 0.25) is 0 Å². The number of hydrogen-bond acceptors (Lipinski definition) is 5. The molecule has 2 N–H and O–H groups in total. The Labute approximate surface area is 209 Å². The van der Waals surface area contributed by atoms with Crippen molar-refractivity contribution in [3.63, 3.8) is 0 Å². The largest absolute Gasteiger partial charge is 0.492 e. The molecular weight excluding hydrogens is 519 g/mol. The maximum atomic E-state index is 5.87. The number of aliphatic imine (C=N–C) groups is 1. The minimum absolute atomic E-state index is 0. The first-order valence-corrected chi connectivity index (χ1v) is 10.5. The molecule has 2 aromatic carbocycles. The molecule has 0 fully saturated rings. The maximum absolute atomic E-state index is 5.87. The lowest BCUT2D eigenvalue weighted by molar-refractivity contribution is 0.145. The van der Waals surface area contributed by atoms with Gasteiger partial charge in [-0.2, -0.15) is 0 Å². The van der Waals surface area contributed by atoms with Crippen LogP contribution in [0.4, 0.5) is 0 Å². The Balaban J connectivity index is 0.00000512. The van der Waals surface area contributed by atoms with Crippen LogP contribution in [0, 0.1) is 6.92 Å². The highest BCUT2D eigenvalue weighted by atomic mass is 127. The van der Waals surface area contributed by atoms with Gasteiger partial charge >= 0.3 is 0 Å². The van der Waals surface area contributed by atoms with Crippen LogP contribution in [0.15, 0.2) is 47.5 Å². The zero-order valence-corrected chi connectivity index (χ0v) is 22.1. The van der Waals surface area contributed by atoms with E-state index in [1.807, 2.05) is 32.3 Å². The molecule has 0 bridgehead atoms. The van der Waals surface area contributed by atoms with E-state index in [0.29, 0.717) is 32.9 Å². The Hall–Kier alpha value is -2.04. The molecule has 2 aromatic rings. The lowest BCUT2D eigenvalue weighted by atomic mass is 10.1. The van der Waals surface area contributed by atoms with Gasteiger partial charge in [0.1, 0.15) is 24.7 Å². The average Bonchev–Trinajstić information content (AvgIpc) is 2.75. The van der Waals surface area contributed by atoms with Crippen molar-refractivity contribution in [2.45, 2.75) is 20.0 Å². The van der Waals surface area contributed by atoms with Crippen molar-refractivity contribution in [3.05, 3.63) is 59.2 Å². The number of benzene rings is 2. The third-order valence-corrected chi connectivity index (χ3v) is 4.60. The lowest BCUT2D eigenvalue weighted by Crippen LogP contribution is -2.36. The van der Waals surface area contributed by atoms with Crippen molar-refractivity contribution in [2.24, 2.45) is 4.99 Å². The highest BCUT2D eigenvalue weighted by Crippen LogP contribution is 2.20. The van der Waals surface area contributed by atoms with Crippen molar-refractivity contribution in [1.82, 2.24) is 15.5 Å². The van der Waals surface area contributed by atoms with Crippen LogP contribution in [0.5, 0.6) is 11.5 Å². The molecule has 0 saturated heterocycles. The first-order valence-electron chi connectivity index (χ1n) is 10.5. The molecule has 0 aromatic heterocycles. The molecule has 0 aliphatic carbocycles. The van der Waals surface area contributed by atoms with Gasteiger partial charge in [0.2, 0.25) is 0 Å². The number of hydrogen-bond donors (Lipinski definition) is 2.